The van der Waals surface area contributed by atoms with Gasteiger partial charge in [-0.1, -0.05) is 0 Å². The Labute approximate surface area is 106 Å². The molecule has 0 radical (unpaired) electrons. The molecule has 0 unspecified atom stereocenters. The van der Waals surface area contributed by atoms with Crippen LogP contribution >= 0.6 is 0 Å². The minimum atomic E-state index is -0.544. The highest BCUT2D eigenvalue weighted by Crippen LogP contribution is 2.18. The molecule has 3 heterocycles. The minimum Gasteiger partial charge on any atom is -0.366 e. The summed E-state index contributed by atoms with van der Waals surface area (Å²) < 4.78 is 1.46. The summed E-state index contributed by atoms with van der Waals surface area (Å²) in [4.78, 5) is 19.6. The van der Waals surface area contributed by atoms with E-state index in [1.54, 1.807) is 13.2 Å². The summed E-state index contributed by atoms with van der Waals surface area (Å²) in [5.74, 6) is 0.385. The van der Waals surface area contributed by atoms with Gasteiger partial charge in [0.05, 0.1) is 23.3 Å². The number of anilines is 1. The van der Waals surface area contributed by atoms with Crippen molar-refractivity contribution in [3.05, 3.63) is 24.2 Å². The van der Waals surface area contributed by atoms with E-state index in [4.69, 9.17) is 5.73 Å². The lowest BCUT2D eigenvalue weighted by atomic mass is 10.3. The predicted octanol–water partition coefficient (Wildman–Crippen LogP) is -0.321. The van der Waals surface area contributed by atoms with Gasteiger partial charge in [-0.3, -0.25) is 9.89 Å². The van der Waals surface area contributed by atoms with Gasteiger partial charge in [0.15, 0.2) is 11.5 Å². The Kier molecular flexibility index (Phi) is 2.37. The largest absolute Gasteiger partial charge is 0.366 e. The van der Waals surface area contributed by atoms with Crippen LogP contribution in [0.5, 0.6) is 0 Å². The van der Waals surface area contributed by atoms with E-state index < -0.39 is 5.91 Å². The molecule has 0 aliphatic heterocycles. The van der Waals surface area contributed by atoms with E-state index >= 15 is 0 Å². The normalized spacial score (nSPS) is 10.8. The molecule has 0 saturated heterocycles. The number of fused-ring (bicyclic) bond motifs is 1. The first-order valence-electron chi connectivity index (χ1n) is 5.43. The fraction of sp³-hybridized carbons (Fsp3) is 0.100. The van der Waals surface area contributed by atoms with Gasteiger partial charge in [0.1, 0.15) is 0 Å². The van der Waals surface area contributed by atoms with Crippen LogP contribution in [-0.4, -0.2) is 42.9 Å². The van der Waals surface area contributed by atoms with E-state index in [-0.39, 0.29) is 0 Å². The molecule has 4 N–H and O–H groups in total. The highest BCUT2D eigenvalue weighted by Gasteiger charge is 2.13. The number of aromatic amines is 1. The number of hydrogen-bond donors (Lipinski definition) is 3. The molecule has 3 aromatic rings. The molecular weight excluding hydrogens is 248 g/mol. The zero-order valence-electron chi connectivity index (χ0n) is 9.95. The van der Waals surface area contributed by atoms with Crippen molar-refractivity contribution in [1.82, 2.24) is 29.9 Å². The van der Waals surface area contributed by atoms with Crippen LogP contribution in [0.4, 0.5) is 5.95 Å². The van der Waals surface area contributed by atoms with Crippen LogP contribution in [0.3, 0.4) is 0 Å². The van der Waals surface area contributed by atoms with Crippen molar-refractivity contribution >= 4 is 22.9 Å². The molecule has 96 valence electrons. The number of rotatable bonds is 3. The highest BCUT2D eigenvalue weighted by molar-refractivity contribution is 5.92. The predicted molar refractivity (Wildman–Crippen MR) is 66.9 cm³/mol. The first kappa shape index (κ1) is 11.1. The standard InChI is InChI=1S/C10H10N8O/c1-12-10-15-8-6(3-13-17-8)9(16-10)18-4-5(2-14-18)7(11)19/h2-4H,1H3,(H2,11,19)(H2,12,13,15,16,17). The average Bonchev–Trinajstić information content (AvgIpc) is 3.06. The first-order chi connectivity index (χ1) is 9.19. The Bertz CT molecular complexity index is 758. The summed E-state index contributed by atoms with van der Waals surface area (Å²) in [7, 11) is 1.71. The van der Waals surface area contributed by atoms with Crippen LogP contribution < -0.4 is 11.1 Å². The van der Waals surface area contributed by atoms with Crippen LogP contribution in [0.25, 0.3) is 16.9 Å². The van der Waals surface area contributed by atoms with Gasteiger partial charge < -0.3 is 11.1 Å². The van der Waals surface area contributed by atoms with E-state index in [2.05, 4.69) is 30.6 Å². The zero-order chi connectivity index (χ0) is 13.4. The van der Waals surface area contributed by atoms with Crippen LogP contribution in [0.15, 0.2) is 18.6 Å². The average molecular weight is 258 g/mol. The van der Waals surface area contributed by atoms with Crippen LogP contribution in [0, 0.1) is 0 Å². The Morgan fingerprint density at radius 2 is 2.26 bits per heavy atom. The molecule has 3 rings (SSSR count). The molecular formula is C10H10N8O. The number of hydrogen-bond acceptors (Lipinski definition) is 6. The molecule has 1 amide bonds. The maximum atomic E-state index is 11.1. The number of carbonyl (C=O) groups is 1. The van der Waals surface area contributed by atoms with E-state index in [1.165, 1.54) is 17.1 Å². The van der Waals surface area contributed by atoms with Crippen molar-refractivity contribution in [3.63, 3.8) is 0 Å². The van der Waals surface area contributed by atoms with Gasteiger partial charge in [-0.05, 0) is 0 Å². The van der Waals surface area contributed by atoms with Crippen molar-refractivity contribution in [1.29, 1.82) is 0 Å². The monoisotopic (exact) mass is 258 g/mol. The SMILES string of the molecule is CNc1nc(-n2cc(C(N)=O)cn2)c2cn[nH]c2n1. The summed E-state index contributed by atoms with van der Waals surface area (Å²) >= 11 is 0. The van der Waals surface area contributed by atoms with E-state index in [9.17, 15) is 4.79 Å². The van der Waals surface area contributed by atoms with Gasteiger partial charge in [0.2, 0.25) is 5.95 Å². The maximum Gasteiger partial charge on any atom is 0.251 e. The molecule has 0 bridgehead atoms. The summed E-state index contributed by atoms with van der Waals surface area (Å²) in [5, 5.41) is 14.3. The zero-order valence-corrected chi connectivity index (χ0v) is 9.95. The van der Waals surface area contributed by atoms with Crippen LogP contribution in [0.1, 0.15) is 10.4 Å². The van der Waals surface area contributed by atoms with Crippen molar-refractivity contribution in [3.8, 4) is 5.82 Å². The number of nitrogens with two attached hydrogens (primary N) is 1. The molecule has 0 aromatic carbocycles. The molecule has 0 spiro atoms. The lowest BCUT2D eigenvalue weighted by Gasteiger charge is -2.04. The quantitative estimate of drug-likeness (QED) is 0.590. The maximum absolute atomic E-state index is 11.1. The lowest BCUT2D eigenvalue weighted by Crippen LogP contribution is -2.09. The highest BCUT2D eigenvalue weighted by atomic mass is 16.1. The number of amides is 1. The third kappa shape index (κ3) is 1.76. The third-order valence-electron chi connectivity index (χ3n) is 2.60. The van der Waals surface area contributed by atoms with Crippen molar-refractivity contribution < 1.29 is 4.79 Å². The molecule has 3 aromatic heterocycles. The third-order valence-corrected chi connectivity index (χ3v) is 2.60. The fourth-order valence-electron chi connectivity index (χ4n) is 1.67. The molecule has 0 fully saturated rings. The summed E-state index contributed by atoms with van der Waals surface area (Å²) in [6.07, 6.45) is 4.49. The summed E-state index contributed by atoms with van der Waals surface area (Å²) in [6, 6.07) is 0. The fourth-order valence-corrected chi connectivity index (χ4v) is 1.67. The summed E-state index contributed by atoms with van der Waals surface area (Å²) in [5.41, 5.74) is 6.08. The molecule has 9 heteroatoms. The van der Waals surface area contributed by atoms with Gasteiger partial charge in [-0.25, -0.2) is 4.68 Å². The molecule has 0 aliphatic rings. The van der Waals surface area contributed by atoms with Crippen molar-refractivity contribution in [2.75, 3.05) is 12.4 Å². The van der Waals surface area contributed by atoms with Crippen LogP contribution in [0.2, 0.25) is 0 Å². The second-order valence-corrected chi connectivity index (χ2v) is 3.79. The lowest BCUT2D eigenvalue weighted by molar-refractivity contribution is 0.100. The number of nitrogens with zero attached hydrogens (tertiary/aromatic N) is 5. The molecule has 9 nitrogen and oxygen atoms in total. The van der Waals surface area contributed by atoms with Gasteiger partial charge in [0, 0.05) is 13.2 Å². The second kappa shape index (κ2) is 4.05. The van der Waals surface area contributed by atoms with E-state index in [0.717, 1.165) is 0 Å². The smallest absolute Gasteiger partial charge is 0.251 e. The number of aromatic nitrogens is 6. The van der Waals surface area contributed by atoms with E-state index in [0.29, 0.717) is 28.4 Å². The second-order valence-electron chi connectivity index (χ2n) is 3.79. The first-order valence-corrected chi connectivity index (χ1v) is 5.43. The van der Waals surface area contributed by atoms with Gasteiger partial charge in [-0.15, -0.1) is 0 Å². The Balaban J connectivity index is 2.21. The minimum absolute atomic E-state index is 0.307. The Morgan fingerprint density at radius 1 is 1.42 bits per heavy atom. The van der Waals surface area contributed by atoms with E-state index in [1.807, 2.05) is 0 Å². The number of carbonyl (C=O) groups excluding carboxylic acids is 1. The summed E-state index contributed by atoms with van der Waals surface area (Å²) in [6.45, 7) is 0. The number of nitrogens with one attached hydrogen (secondary N) is 2. The molecule has 0 aliphatic carbocycles. The van der Waals surface area contributed by atoms with Gasteiger partial charge in [-0.2, -0.15) is 20.2 Å². The van der Waals surface area contributed by atoms with Crippen molar-refractivity contribution in [2.45, 2.75) is 0 Å². The van der Waals surface area contributed by atoms with Gasteiger partial charge >= 0.3 is 0 Å². The Hall–Kier alpha value is -2.97. The number of H-pyrrole nitrogens is 1. The molecule has 19 heavy (non-hydrogen) atoms. The van der Waals surface area contributed by atoms with Crippen LogP contribution in [-0.2, 0) is 0 Å². The molecule has 0 atom stereocenters. The van der Waals surface area contributed by atoms with Gasteiger partial charge in [0.25, 0.3) is 5.91 Å². The number of primary amides is 1. The Morgan fingerprint density at radius 3 is 2.95 bits per heavy atom. The van der Waals surface area contributed by atoms with Crippen molar-refractivity contribution in [2.24, 2.45) is 5.73 Å². The topological polar surface area (TPSA) is 127 Å². The molecule has 0 saturated carbocycles.